The van der Waals surface area contributed by atoms with Crippen LogP contribution in [-0.2, 0) is 22.4 Å². The number of rotatable bonds is 6. The van der Waals surface area contributed by atoms with Gasteiger partial charge in [-0.3, -0.25) is 4.79 Å². The summed E-state index contributed by atoms with van der Waals surface area (Å²) >= 11 is 0. The van der Waals surface area contributed by atoms with E-state index >= 15 is 0 Å². The van der Waals surface area contributed by atoms with Crippen molar-refractivity contribution in [2.24, 2.45) is 0 Å². The average molecular weight is 343 g/mol. The number of amides is 1. The third-order valence-electron chi connectivity index (χ3n) is 4.42. The Hall–Kier alpha value is -2.34. The Balaban J connectivity index is 1.47. The Morgan fingerprint density at radius 1 is 1.28 bits per heavy atom. The van der Waals surface area contributed by atoms with Crippen molar-refractivity contribution in [3.05, 3.63) is 59.9 Å². The third-order valence-corrected chi connectivity index (χ3v) is 4.42. The lowest BCUT2D eigenvalue weighted by Gasteiger charge is -2.33. The van der Waals surface area contributed by atoms with Gasteiger partial charge in [-0.2, -0.15) is 0 Å². The molecule has 1 aliphatic heterocycles. The molecule has 0 spiro atoms. The normalized spacial score (nSPS) is 17.5. The van der Waals surface area contributed by atoms with Crippen LogP contribution >= 0.6 is 0 Å². The first-order valence-corrected chi connectivity index (χ1v) is 8.60. The van der Waals surface area contributed by atoms with Gasteiger partial charge in [0.2, 0.25) is 5.91 Å². The molecule has 1 fully saturated rings. The van der Waals surface area contributed by atoms with Crippen molar-refractivity contribution in [2.45, 2.75) is 31.8 Å². The summed E-state index contributed by atoms with van der Waals surface area (Å²) < 4.78 is 19.4. The SMILES string of the molecule is O=C(CCc1ccccc1F)N1CCO[C@H](CCc2ccncn2)C1. The standard InChI is InChI=1S/C19H22FN3O2/c20-18-4-2-1-3-15(18)5-8-19(24)23-11-12-25-17(13-23)7-6-16-9-10-21-14-22-16/h1-4,9-10,14,17H,5-8,11-13H2/t17-/m1/s1. The van der Waals surface area contributed by atoms with Crippen LogP contribution in [0.4, 0.5) is 4.39 Å². The quantitative estimate of drug-likeness (QED) is 0.808. The van der Waals surface area contributed by atoms with Crippen molar-refractivity contribution in [3.8, 4) is 0 Å². The molecule has 0 aliphatic carbocycles. The maximum Gasteiger partial charge on any atom is 0.223 e. The molecule has 0 unspecified atom stereocenters. The maximum atomic E-state index is 13.7. The van der Waals surface area contributed by atoms with Gasteiger partial charge in [-0.1, -0.05) is 18.2 Å². The number of halogens is 1. The van der Waals surface area contributed by atoms with Gasteiger partial charge >= 0.3 is 0 Å². The van der Waals surface area contributed by atoms with Crippen molar-refractivity contribution in [1.82, 2.24) is 14.9 Å². The highest BCUT2D eigenvalue weighted by Gasteiger charge is 2.24. The first kappa shape index (κ1) is 17.5. The van der Waals surface area contributed by atoms with Crippen LogP contribution in [0.15, 0.2) is 42.9 Å². The Bertz CT molecular complexity index is 696. The highest BCUT2D eigenvalue weighted by Crippen LogP contribution is 2.14. The summed E-state index contributed by atoms with van der Waals surface area (Å²) in [6.07, 6.45) is 5.63. The predicted molar refractivity (Wildman–Crippen MR) is 91.4 cm³/mol. The van der Waals surface area contributed by atoms with Crippen LogP contribution in [0.1, 0.15) is 24.1 Å². The highest BCUT2D eigenvalue weighted by molar-refractivity contribution is 5.76. The second-order valence-corrected chi connectivity index (χ2v) is 6.16. The predicted octanol–water partition coefficient (Wildman–Crippen LogP) is 2.41. The molecule has 1 atom stereocenters. The summed E-state index contributed by atoms with van der Waals surface area (Å²) in [6.45, 7) is 1.72. The van der Waals surface area contributed by atoms with Gasteiger partial charge in [-0.05, 0) is 37.0 Å². The largest absolute Gasteiger partial charge is 0.375 e. The molecule has 0 N–H and O–H groups in total. The van der Waals surface area contributed by atoms with Crippen LogP contribution in [0.3, 0.4) is 0 Å². The van der Waals surface area contributed by atoms with Crippen LogP contribution in [0.2, 0.25) is 0 Å². The van der Waals surface area contributed by atoms with Crippen molar-refractivity contribution in [1.29, 1.82) is 0 Å². The van der Waals surface area contributed by atoms with Crippen molar-refractivity contribution >= 4 is 5.91 Å². The minimum Gasteiger partial charge on any atom is -0.375 e. The molecule has 5 nitrogen and oxygen atoms in total. The molecule has 1 aliphatic rings. The summed E-state index contributed by atoms with van der Waals surface area (Å²) in [4.78, 5) is 22.4. The van der Waals surface area contributed by atoms with E-state index in [0.29, 0.717) is 38.1 Å². The zero-order valence-corrected chi connectivity index (χ0v) is 14.1. The lowest BCUT2D eigenvalue weighted by molar-refractivity contribution is -0.138. The number of carbonyl (C=O) groups is 1. The lowest BCUT2D eigenvalue weighted by atomic mass is 10.1. The number of aromatic nitrogens is 2. The number of ether oxygens (including phenoxy) is 1. The fraction of sp³-hybridized carbons (Fsp3) is 0.421. The number of morpholine rings is 1. The summed E-state index contributed by atoms with van der Waals surface area (Å²) in [5, 5.41) is 0. The first-order valence-electron chi connectivity index (χ1n) is 8.60. The van der Waals surface area contributed by atoms with Crippen molar-refractivity contribution in [3.63, 3.8) is 0 Å². The van der Waals surface area contributed by atoms with Crippen LogP contribution in [-0.4, -0.2) is 46.6 Å². The molecule has 1 saturated heterocycles. The molecular formula is C19H22FN3O2. The summed E-state index contributed by atoms with van der Waals surface area (Å²) in [5.74, 6) is -0.196. The van der Waals surface area contributed by atoms with Crippen molar-refractivity contribution in [2.75, 3.05) is 19.7 Å². The van der Waals surface area contributed by atoms with E-state index in [4.69, 9.17) is 4.74 Å². The number of aryl methyl sites for hydroxylation is 2. The summed E-state index contributed by atoms with van der Waals surface area (Å²) in [6, 6.07) is 8.50. The van der Waals surface area contributed by atoms with E-state index in [1.54, 1.807) is 24.4 Å². The third kappa shape index (κ3) is 5.06. The van der Waals surface area contributed by atoms with E-state index in [1.165, 1.54) is 12.4 Å². The van der Waals surface area contributed by atoms with E-state index < -0.39 is 0 Å². The fourth-order valence-corrected chi connectivity index (χ4v) is 3.00. The molecule has 0 radical (unpaired) electrons. The van der Waals surface area contributed by atoms with Gasteiger partial charge in [0.05, 0.1) is 12.7 Å². The Kier molecular flexibility index (Phi) is 6.06. The van der Waals surface area contributed by atoms with E-state index in [-0.39, 0.29) is 17.8 Å². The van der Waals surface area contributed by atoms with Gasteiger partial charge in [-0.25, -0.2) is 14.4 Å². The van der Waals surface area contributed by atoms with Crippen molar-refractivity contribution < 1.29 is 13.9 Å². The average Bonchev–Trinajstić information content (AvgIpc) is 2.66. The maximum absolute atomic E-state index is 13.7. The topological polar surface area (TPSA) is 55.3 Å². The van der Waals surface area contributed by atoms with E-state index in [9.17, 15) is 9.18 Å². The summed E-state index contributed by atoms with van der Waals surface area (Å²) in [7, 11) is 0. The Morgan fingerprint density at radius 3 is 2.96 bits per heavy atom. The second-order valence-electron chi connectivity index (χ2n) is 6.16. The lowest BCUT2D eigenvalue weighted by Crippen LogP contribution is -2.45. The van der Waals surface area contributed by atoms with Gasteiger partial charge in [0.15, 0.2) is 0 Å². The van der Waals surface area contributed by atoms with Gasteiger partial charge in [0.1, 0.15) is 12.1 Å². The minimum atomic E-state index is -0.250. The molecule has 2 aromatic rings. The molecule has 0 saturated carbocycles. The number of benzene rings is 1. The number of hydrogen-bond donors (Lipinski definition) is 0. The molecule has 1 aromatic carbocycles. The second kappa shape index (κ2) is 8.67. The van der Waals surface area contributed by atoms with Crippen LogP contribution in [0.25, 0.3) is 0 Å². The van der Waals surface area contributed by atoms with Crippen LogP contribution in [0, 0.1) is 5.82 Å². The molecule has 25 heavy (non-hydrogen) atoms. The molecule has 2 heterocycles. The van der Waals surface area contributed by atoms with Crippen LogP contribution < -0.4 is 0 Å². The molecule has 3 rings (SSSR count). The van der Waals surface area contributed by atoms with Crippen LogP contribution in [0.5, 0.6) is 0 Å². The first-order chi connectivity index (χ1) is 12.2. The molecule has 6 heteroatoms. The smallest absolute Gasteiger partial charge is 0.223 e. The Morgan fingerprint density at radius 2 is 2.16 bits per heavy atom. The van der Waals surface area contributed by atoms with Gasteiger partial charge in [0.25, 0.3) is 0 Å². The Labute approximate surface area is 146 Å². The molecule has 1 amide bonds. The molecular weight excluding hydrogens is 321 g/mol. The van der Waals surface area contributed by atoms with E-state index in [1.807, 2.05) is 11.0 Å². The monoisotopic (exact) mass is 343 g/mol. The fourth-order valence-electron chi connectivity index (χ4n) is 3.00. The zero-order valence-electron chi connectivity index (χ0n) is 14.1. The van der Waals surface area contributed by atoms with Gasteiger partial charge in [0, 0.05) is 31.4 Å². The minimum absolute atomic E-state index is 0.0149. The van der Waals surface area contributed by atoms with E-state index in [0.717, 1.165) is 18.5 Å². The summed E-state index contributed by atoms with van der Waals surface area (Å²) in [5.41, 5.74) is 1.56. The van der Waals surface area contributed by atoms with Gasteiger partial charge in [-0.15, -0.1) is 0 Å². The highest BCUT2D eigenvalue weighted by atomic mass is 19.1. The number of hydrogen-bond acceptors (Lipinski definition) is 4. The van der Waals surface area contributed by atoms with E-state index in [2.05, 4.69) is 9.97 Å². The molecule has 132 valence electrons. The molecule has 1 aromatic heterocycles. The zero-order chi connectivity index (χ0) is 17.5. The van der Waals surface area contributed by atoms with Gasteiger partial charge < -0.3 is 9.64 Å². The number of nitrogens with zero attached hydrogens (tertiary/aromatic N) is 3. The molecule has 0 bridgehead atoms. The number of carbonyl (C=O) groups excluding carboxylic acids is 1.